The standard InChI is InChI=1S/C17H24Cl2N2O4S/c1-17(2,3)25-16(22)20(4)12-7-9-21(10-8-12)26(23,24)13-5-6-14(18)15(19)11-13/h5-6,11-12H,7-10H2,1-4H3. The van der Waals surface area contributed by atoms with Gasteiger partial charge in [-0.15, -0.1) is 0 Å². The van der Waals surface area contributed by atoms with Crippen molar-refractivity contribution < 1.29 is 17.9 Å². The van der Waals surface area contributed by atoms with E-state index in [2.05, 4.69) is 0 Å². The van der Waals surface area contributed by atoms with Crippen LogP contribution in [0.5, 0.6) is 0 Å². The second-order valence-electron chi connectivity index (χ2n) is 7.30. The van der Waals surface area contributed by atoms with Crippen molar-refractivity contribution in [3.8, 4) is 0 Å². The van der Waals surface area contributed by atoms with Crippen LogP contribution in [0.4, 0.5) is 4.79 Å². The maximum Gasteiger partial charge on any atom is 0.410 e. The normalized spacial score (nSPS) is 17.2. The SMILES string of the molecule is CN(C(=O)OC(C)(C)C)C1CCN(S(=O)(=O)c2ccc(Cl)c(Cl)c2)CC1. The van der Waals surface area contributed by atoms with Crippen LogP contribution in [0.25, 0.3) is 0 Å². The first kappa shape index (κ1) is 21.3. The number of carbonyl (C=O) groups is 1. The lowest BCUT2D eigenvalue weighted by molar-refractivity contribution is 0.0178. The van der Waals surface area contributed by atoms with Crippen molar-refractivity contribution in [2.75, 3.05) is 20.1 Å². The van der Waals surface area contributed by atoms with E-state index in [1.165, 1.54) is 22.5 Å². The molecule has 2 rings (SSSR count). The predicted molar refractivity (Wildman–Crippen MR) is 102 cm³/mol. The molecule has 0 atom stereocenters. The molecule has 26 heavy (non-hydrogen) atoms. The Balaban J connectivity index is 2.03. The van der Waals surface area contributed by atoms with Gasteiger partial charge in [-0.05, 0) is 51.8 Å². The molecule has 9 heteroatoms. The number of nitrogens with zero attached hydrogens (tertiary/aromatic N) is 2. The van der Waals surface area contributed by atoms with E-state index in [-0.39, 0.29) is 16.0 Å². The Morgan fingerprint density at radius 3 is 2.27 bits per heavy atom. The molecular weight excluding hydrogens is 399 g/mol. The largest absolute Gasteiger partial charge is 0.444 e. The molecule has 0 bridgehead atoms. The Morgan fingerprint density at radius 1 is 1.19 bits per heavy atom. The summed E-state index contributed by atoms with van der Waals surface area (Å²) in [5, 5.41) is 0.510. The molecular formula is C17H24Cl2N2O4S. The average Bonchev–Trinajstić information content (AvgIpc) is 2.55. The lowest BCUT2D eigenvalue weighted by Gasteiger charge is -2.36. The van der Waals surface area contributed by atoms with Gasteiger partial charge >= 0.3 is 6.09 Å². The highest BCUT2D eigenvalue weighted by molar-refractivity contribution is 7.89. The van der Waals surface area contributed by atoms with Crippen molar-refractivity contribution in [3.05, 3.63) is 28.2 Å². The van der Waals surface area contributed by atoms with Crippen LogP contribution >= 0.6 is 23.2 Å². The predicted octanol–water partition coefficient (Wildman–Crippen LogP) is 4.01. The van der Waals surface area contributed by atoms with Crippen molar-refractivity contribution >= 4 is 39.3 Å². The molecule has 1 aromatic carbocycles. The Hall–Kier alpha value is -1.02. The van der Waals surface area contributed by atoms with Crippen LogP contribution in [0.3, 0.4) is 0 Å². The van der Waals surface area contributed by atoms with E-state index in [4.69, 9.17) is 27.9 Å². The molecule has 0 N–H and O–H groups in total. The number of amides is 1. The number of piperidine rings is 1. The quantitative estimate of drug-likeness (QED) is 0.737. The fraction of sp³-hybridized carbons (Fsp3) is 0.588. The van der Waals surface area contributed by atoms with Gasteiger partial charge in [0.15, 0.2) is 0 Å². The number of ether oxygens (including phenoxy) is 1. The van der Waals surface area contributed by atoms with Gasteiger partial charge in [0.05, 0.1) is 14.9 Å². The maximum atomic E-state index is 12.8. The van der Waals surface area contributed by atoms with E-state index in [0.717, 1.165) is 0 Å². The van der Waals surface area contributed by atoms with Crippen LogP contribution in [0, 0.1) is 0 Å². The number of hydrogen-bond acceptors (Lipinski definition) is 4. The van der Waals surface area contributed by atoms with E-state index in [9.17, 15) is 13.2 Å². The molecule has 0 aliphatic carbocycles. The summed E-state index contributed by atoms with van der Waals surface area (Å²) in [6.45, 7) is 6.07. The summed E-state index contributed by atoms with van der Waals surface area (Å²) in [4.78, 5) is 13.8. The fourth-order valence-electron chi connectivity index (χ4n) is 2.74. The van der Waals surface area contributed by atoms with Gasteiger partial charge in [0, 0.05) is 26.2 Å². The minimum absolute atomic E-state index is 0.0647. The number of halogens is 2. The number of sulfonamides is 1. The van der Waals surface area contributed by atoms with Crippen LogP contribution < -0.4 is 0 Å². The molecule has 0 spiro atoms. The highest BCUT2D eigenvalue weighted by atomic mass is 35.5. The van der Waals surface area contributed by atoms with Gasteiger partial charge in [-0.25, -0.2) is 13.2 Å². The van der Waals surface area contributed by atoms with E-state index in [1.54, 1.807) is 11.9 Å². The number of carbonyl (C=O) groups excluding carboxylic acids is 1. The molecule has 1 aliphatic heterocycles. The second-order valence-corrected chi connectivity index (χ2v) is 10.1. The van der Waals surface area contributed by atoms with Crippen molar-refractivity contribution in [3.63, 3.8) is 0 Å². The summed E-state index contributed by atoms with van der Waals surface area (Å²) < 4.78 is 32.3. The Morgan fingerprint density at radius 2 is 1.77 bits per heavy atom. The monoisotopic (exact) mass is 422 g/mol. The number of hydrogen-bond donors (Lipinski definition) is 0. The molecule has 1 fully saturated rings. The number of benzene rings is 1. The molecule has 0 unspecified atom stereocenters. The van der Waals surface area contributed by atoms with Crippen molar-refractivity contribution in [1.29, 1.82) is 0 Å². The molecule has 146 valence electrons. The summed E-state index contributed by atoms with van der Waals surface area (Å²) in [5.74, 6) is 0. The first-order valence-electron chi connectivity index (χ1n) is 8.33. The summed E-state index contributed by atoms with van der Waals surface area (Å²) in [7, 11) is -1.96. The molecule has 1 aromatic rings. The van der Waals surface area contributed by atoms with E-state index < -0.39 is 21.7 Å². The first-order chi connectivity index (χ1) is 11.9. The van der Waals surface area contributed by atoms with E-state index in [1.807, 2.05) is 20.8 Å². The Kier molecular flexibility index (Phi) is 6.48. The van der Waals surface area contributed by atoms with Crippen LogP contribution in [0.1, 0.15) is 33.6 Å². The fourth-order valence-corrected chi connectivity index (χ4v) is 4.60. The number of rotatable bonds is 3. The molecule has 1 aliphatic rings. The third kappa shape index (κ3) is 5.03. The average molecular weight is 423 g/mol. The summed E-state index contributed by atoms with van der Waals surface area (Å²) in [6.07, 6.45) is 0.676. The van der Waals surface area contributed by atoms with Crippen molar-refractivity contribution in [2.45, 2.75) is 50.2 Å². The van der Waals surface area contributed by atoms with Gasteiger partial charge < -0.3 is 9.64 Å². The third-order valence-corrected chi connectivity index (χ3v) is 6.82. The zero-order valence-corrected chi connectivity index (χ0v) is 17.7. The molecule has 0 saturated carbocycles. The van der Waals surface area contributed by atoms with Gasteiger partial charge in [0.25, 0.3) is 0 Å². The minimum atomic E-state index is -3.64. The van der Waals surface area contributed by atoms with E-state index >= 15 is 0 Å². The molecule has 1 heterocycles. The summed E-state index contributed by atoms with van der Waals surface area (Å²) in [5.41, 5.74) is -0.566. The Bertz CT molecular complexity index is 769. The molecule has 6 nitrogen and oxygen atoms in total. The van der Waals surface area contributed by atoms with Gasteiger partial charge in [-0.2, -0.15) is 4.31 Å². The maximum absolute atomic E-state index is 12.8. The zero-order chi connectivity index (χ0) is 19.7. The van der Waals surface area contributed by atoms with Gasteiger partial charge in [0.2, 0.25) is 10.0 Å². The lowest BCUT2D eigenvalue weighted by Crippen LogP contribution is -2.48. The first-order valence-corrected chi connectivity index (χ1v) is 10.5. The highest BCUT2D eigenvalue weighted by Crippen LogP contribution is 2.28. The smallest absolute Gasteiger partial charge is 0.410 e. The molecule has 1 saturated heterocycles. The van der Waals surface area contributed by atoms with Crippen LogP contribution in [-0.2, 0) is 14.8 Å². The Labute approximate surface area is 165 Å². The van der Waals surface area contributed by atoms with Crippen molar-refractivity contribution in [1.82, 2.24) is 9.21 Å². The minimum Gasteiger partial charge on any atom is -0.444 e. The summed E-state index contributed by atoms with van der Waals surface area (Å²) in [6, 6.07) is 4.21. The van der Waals surface area contributed by atoms with Crippen LogP contribution in [0.15, 0.2) is 23.1 Å². The second kappa shape index (κ2) is 7.92. The molecule has 0 aromatic heterocycles. The van der Waals surface area contributed by atoms with E-state index in [0.29, 0.717) is 31.0 Å². The van der Waals surface area contributed by atoms with Crippen molar-refractivity contribution in [2.24, 2.45) is 0 Å². The third-order valence-electron chi connectivity index (χ3n) is 4.18. The lowest BCUT2D eigenvalue weighted by atomic mass is 10.1. The van der Waals surface area contributed by atoms with Crippen LogP contribution in [0.2, 0.25) is 10.0 Å². The van der Waals surface area contributed by atoms with Gasteiger partial charge in [-0.3, -0.25) is 0 Å². The van der Waals surface area contributed by atoms with Gasteiger partial charge in [0.1, 0.15) is 5.60 Å². The van der Waals surface area contributed by atoms with Gasteiger partial charge in [-0.1, -0.05) is 23.2 Å². The molecule has 0 radical (unpaired) electrons. The zero-order valence-electron chi connectivity index (χ0n) is 15.3. The summed E-state index contributed by atoms with van der Waals surface area (Å²) >= 11 is 11.8. The highest BCUT2D eigenvalue weighted by Gasteiger charge is 2.33. The topological polar surface area (TPSA) is 66.9 Å². The van der Waals surface area contributed by atoms with Crippen LogP contribution in [-0.4, -0.2) is 55.5 Å². The molecule has 1 amide bonds.